The first-order valence-corrected chi connectivity index (χ1v) is 7.57. The van der Waals surface area contributed by atoms with Crippen LogP contribution in [0.15, 0.2) is 72.8 Å². The summed E-state index contributed by atoms with van der Waals surface area (Å²) in [6, 6.07) is 22.6. The van der Waals surface area contributed by atoms with Gasteiger partial charge in [0.1, 0.15) is 5.52 Å². The van der Waals surface area contributed by atoms with Gasteiger partial charge in [0, 0.05) is 11.1 Å². The lowest BCUT2D eigenvalue weighted by molar-refractivity contribution is 0.407. The lowest BCUT2D eigenvalue weighted by Crippen LogP contribution is -1.95. The molecule has 0 aliphatic rings. The predicted octanol–water partition coefficient (Wildman–Crippen LogP) is 4.38. The van der Waals surface area contributed by atoms with Crippen molar-refractivity contribution in [3.63, 3.8) is 0 Å². The number of nitrogens with zero attached hydrogens (tertiary/aromatic N) is 2. The van der Waals surface area contributed by atoms with Gasteiger partial charge in [0.25, 0.3) is 0 Å². The van der Waals surface area contributed by atoms with E-state index in [0.717, 1.165) is 16.8 Å². The van der Waals surface area contributed by atoms with Crippen LogP contribution in [0.25, 0.3) is 33.5 Å². The molecule has 24 heavy (non-hydrogen) atoms. The maximum atomic E-state index is 10.1. The number of fused-ring (bicyclic) bond motifs is 1. The molecule has 0 saturated heterocycles. The van der Waals surface area contributed by atoms with Crippen molar-refractivity contribution >= 4 is 11.0 Å². The minimum Gasteiger partial charge on any atom is -0.504 e. The molecule has 116 valence electrons. The number of hydrogen-bond acceptors (Lipinski definition) is 4. The molecule has 0 atom stereocenters. The van der Waals surface area contributed by atoms with Crippen LogP contribution >= 0.6 is 0 Å². The fraction of sp³-hybridized carbons (Fsp3) is 0. The number of aromatic hydroxyl groups is 2. The zero-order chi connectivity index (χ0) is 16.5. The van der Waals surface area contributed by atoms with E-state index in [1.807, 2.05) is 60.7 Å². The highest BCUT2D eigenvalue weighted by atomic mass is 16.3. The van der Waals surface area contributed by atoms with Crippen LogP contribution in [-0.4, -0.2) is 20.2 Å². The zero-order valence-electron chi connectivity index (χ0n) is 12.7. The average molecular weight is 314 g/mol. The molecule has 0 fully saturated rings. The lowest BCUT2D eigenvalue weighted by atomic mass is 10.0. The number of aromatic nitrogens is 2. The van der Waals surface area contributed by atoms with Gasteiger partial charge in [-0.3, -0.25) is 0 Å². The molecular weight excluding hydrogens is 300 g/mol. The fourth-order valence-electron chi connectivity index (χ4n) is 2.69. The predicted molar refractivity (Wildman–Crippen MR) is 93.7 cm³/mol. The Balaban J connectivity index is 2.08. The third-order valence-electron chi connectivity index (χ3n) is 3.88. The Hall–Kier alpha value is -3.40. The minimum atomic E-state index is -0.253. The second-order valence-electron chi connectivity index (χ2n) is 5.45. The van der Waals surface area contributed by atoms with Crippen molar-refractivity contribution in [2.24, 2.45) is 0 Å². The van der Waals surface area contributed by atoms with Gasteiger partial charge in [0.15, 0.2) is 11.5 Å². The zero-order valence-corrected chi connectivity index (χ0v) is 12.7. The first-order chi connectivity index (χ1) is 11.7. The van der Waals surface area contributed by atoms with Crippen LogP contribution < -0.4 is 0 Å². The Morgan fingerprint density at radius 1 is 0.583 bits per heavy atom. The van der Waals surface area contributed by atoms with Crippen molar-refractivity contribution in [2.75, 3.05) is 0 Å². The normalized spacial score (nSPS) is 10.8. The van der Waals surface area contributed by atoms with Crippen LogP contribution in [0, 0.1) is 0 Å². The molecule has 0 unspecified atom stereocenters. The van der Waals surface area contributed by atoms with Gasteiger partial charge in [-0.25, -0.2) is 9.97 Å². The van der Waals surface area contributed by atoms with E-state index in [2.05, 4.69) is 4.98 Å². The topological polar surface area (TPSA) is 66.2 Å². The van der Waals surface area contributed by atoms with Crippen molar-refractivity contribution in [2.45, 2.75) is 0 Å². The van der Waals surface area contributed by atoms with E-state index in [1.54, 1.807) is 6.07 Å². The summed E-state index contributed by atoms with van der Waals surface area (Å²) >= 11 is 0. The molecular formula is C20H14N2O2. The minimum absolute atomic E-state index is 0.205. The van der Waals surface area contributed by atoms with Gasteiger partial charge in [-0.2, -0.15) is 0 Å². The van der Waals surface area contributed by atoms with Gasteiger partial charge < -0.3 is 10.2 Å². The molecule has 0 bridgehead atoms. The number of phenolic OH excluding ortho intramolecular Hbond substituents is 2. The van der Waals surface area contributed by atoms with Gasteiger partial charge in [-0.1, -0.05) is 60.7 Å². The van der Waals surface area contributed by atoms with Gasteiger partial charge in [0.05, 0.1) is 16.9 Å². The van der Waals surface area contributed by atoms with E-state index in [0.29, 0.717) is 11.2 Å². The number of benzene rings is 3. The molecule has 0 aliphatic heterocycles. The first kappa shape index (κ1) is 14.2. The van der Waals surface area contributed by atoms with E-state index < -0.39 is 0 Å². The van der Waals surface area contributed by atoms with E-state index in [-0.39, 0.29) is 17.0 Å². The molecule has 2 N–H and O–H groups in total. The fourth-order valence-corrected chi connectivity index (χ4v) is 2.69. The third-order valence-corrected chi connectivity index (χ3v) is 3.88. The molecule has 4 heteroatoms. The summed E-state index contributed by atoms with van der Waals surface area (Å²) in [7, 11) is 0. The lowest BCUT2D eigenvalue weighted by Gasteiger charge is -2.11. The van der Waals surface area contributed by atoms with E-state index >= 15 is 0 Å². The summed E-state index contributed by atoms with van der Waals surface area (Å²) in [6.07, 6.45) is 0. The summed E-state index contributed by atoms with van der Waals surface area (Å²) in [5.41, 5.74) is 4.05. The Kier molecular flexibility index (Phi) is 3.35. The molecule has 0 spiro atoms. The number of phenols is 2. The van der Waals surface area contributed by atoms with Crippen molar-refractivity contribution < 1.29 is 10.2 Å². The van der Waals surface area contributed by atoms with E-state index in [4.69, 9.17) is 4.98 Å². The molecule has 4 rings (SSSR count). The molecule has 1 aromatic heterocycles. The summed E-state index contributed by atoms with van der Waals surface area (Å²) in [4.78, 5) is 9.30. The van der Waals surface area contributed by atoms with Crippen LogP contribution in [0.3, 0.4) is 0 Å². The standard InChI is InChI=1S/C20H14N2O2/c23-16-12-11-15-19(20(16)24)22-18(14-9-5-2-6-10-14)17(21-15)13-7-3-1-4-8-13/h1-12,23-24H. The summed E-state index contributed by atoms with van der Waals surface area (Å²) in [5, 5.41) is 19.9. The maximum Gasteiger partial charge on any atom is 0.186 e. The summed E-state index contributed by atoms with van der Waals surface area (Å²) in [6.45, 7) is 0. The smallest absolute Gasteiger partial charge is 0.186 e. The van der Waals surface area contributed by atoms with Gasteiger partial charge in [0.2, 0.25) is 0 Å². The van der Waals surface area contributed by atoms with Crippen molar-refractivity contribution in [1.82, 2.24) is 9.97 Å². The Morgan fingerprint density at radius 2 is 1.12 bits per heavy atom. The highest BCUT2D eigenvalue weighted by Gasteiger charge is 2.16. The van der Waals surface area contributed by atoms with Crippen molar-refractivity contribution in [1.29, 1.82) is 0 Å². The van der Waals surface area contributed by atoms with Gasteiger partial charge >= 0.3 is 0 Å². The van der Waals surface area contributed by atoms with Crippen LogP contribution in [0.5, 0.6) is 11.5 Å². The van der Waals surface area contributed by atoms with Crippen LogP contribution in [0.2, 0.25) is 0 Å². The van der Waals surface area contributed by atoms with E-state index in [9.17, 15) is 10.2 Å². The molecule has 3 aromatic carbocycles. The first-order valence-electron chi connectivity index (χ1n) is 7.57. The van der Waals surface area contributed by atoms with Crippen LogP contribution in [0.1, 0.15) is 0 Å². The highest BCUT2D eigenvalue weighted by Crippen LogP contribution is 2.36. The quantitative estimate of drug-likeness (QED) is 0.539. The second-order valence-corrected chi connectivity index (χ2v) is 5.45. The largest absolute Gasteiger partial charge is 0.504 e. The molecule has 4 nitrogen and oxygen atoms in total. The maximum absolute atomic E-state index is 10.1. The van der Waals surface area contributed by atoms with Gasteiger partial charge in [-0.05, 0) is 12.1 Å². The molecule has 0 amide bonds. The van der Waals surface area contributed by atoms with Crippen molar-refractivity contribution in [3.05, 3.63) is 72.8 Å². The van der Waals surface area contributed by atoms with E-state index in [1.165, 1.54) is 6.07 Å². The van der Waals surface area contributed by atoms with Gasteiger partial charge in [-0.15, -0.1) is 0 Å². The monoisotopic (exact) mass is 314 g/mol. The summed E-state index contributed by atoms with van der Waals surface area (Å²) < 4.78 is 0. The molecule has 0 aliphatic carbocycles. The van der Waals surface area contributed by atoms with Crippen molar-refractivity contribution in [3.8, 4) is 34.0 Å². The third kappa shape index (κ3) is 2.34. The van der Waals surface area contributed by atoms with Crippen LogP contribution in [-0.2, 0) is 0 Å². The molecule has 1 heterocycles. The Labute approximate surface area is 138 Å². The highest BCUT2D eigenvalue weighted by molar-refractivity contribution is 5.90. The Bertz CT molecular complexity index is 1020. The Morgan fingerprint density at radius 3 is 1.71 bits per heavy atom. The SMILES string of the molecule is Oc1ccc2nc(-c3ccccc3)c(-c3ccccc3)nc2c1O. The number of hydrogen-bond donors (Lipinski definition) is 2. The summed E-state index contributed by atoms with van der Waals surface area (Å²) in [5.74, 6) is -0.458. The molecule has 0 radical (unpaired) electrons. The van der Waals surface area contributed by atoms with Crippen LogP contribution in [0.4, 0.5) is 0 Å². The molecule has 4 aromatic rings. The average Bonchev–Trinajstić information content (AvgIpc) is 2.65. The molecule has 0 saturated carbocycles. The number of rotatable bonds is 2. The second kappa shape index (κ2) is 5.66.